The average molecular weight is 312 g/mol. The maximum Gasteiger partial charge on any atom is 0.272 e. The second kappa shape index (κ2) is 6.16. The zero-order valence-electron chi connectivity index (χ0n) is 13.0. The van der Waals surface area contributed by atoms with E-state index in [1.165, 1.54) is 16.7 Å². The summed E-state index contributed by atoms with van der Waals surface area (Å²) < 4.78 is 15.0. The summed E-state index contributed by atoms with van der Waals surface area (Å²) in [5.74, 6) is -0.571. The Balaban J connectivity index is 1.82. The zero-order valence-corrected chi connectivity index (χ0v) is 13.0. The van der Waals surface area contributed by atoms with E-state index in [0.717, 1.165) is 12.0 Å². The van der Waals surface area contributed by atoms with Crippen LogP contribution in [0.4, 0.5) is 4.39 Å². The van der Waals surface area contributed by atoms with E-state index in [4.69, 9.17) is 0 Å². The number of fused-ring (bicyclic) bond motifs is 1. The topological polar surface area (TPSA) is 50.5 Å². The number of aryl methyl sites for hydroxylation is 1. The summed E-state index contributed by atoms with van der Waals surface area (Å²) in [5, 5.41) is 0. The van der Waals surface area contributed by atoms with Gasteiger partial charge in [0.15, 0.2) is 0 Å². The van der Waals surface area contributed by atoms with Crippen LogP contribution in [-0.4, -0.2) is 38.8 Å². The van der Waals surface area contributed by atoms with Crippen molar-refractivity contribution in [2.75, 3.05) is 13.6 Å². The Bertz CT molecular complexity index is 844. The Labute approximate surface area is 133 Å². The predicted octanol–water partition coefficient (Wildman–Crippen LogP) is 2.49. The summed E-state index contributed by atoms with van der Waals surface area (Å²) in [6, 6.07) is 6.75. The Morgan fingerprint density at radius 3 is 2.74 bits per heavy atom. The lowest BCUT2D eigenvalue weighted by atomic mass is 10.2. The van der Waals surface area contributed by atoms with E-state index in [1.54, 1.807) is 37.3 Å². The molecule has 1 amide bonds. The minimum atomic E-state index is -0.400. The van der Waals surface area contributed by atoms with E-state index in [2.05, 4.69) is 9.97 Å². The Kier molecular flexibility index (Phi) is 4.06. The third kappa shape index (κ3) is 3.06. The van der Waals surface area contributed by atoms with Gasteiger partial charge in [0, 0.05) is 32.2 Å². The van der Waals surface area contributed by atoms with Crippen LogP contribution in [0, 0.1) is 12.7 Å². The lowest BCUT2D eigenvalue weighted by Crippen LogP contribution is -2.30. The number of amides is 1. The maximum atomic E-state index is 13.5. The highest BCUT2D eigenvalue weighted by atomic mass is 19.1. The monoisotopic (exact) mass is 312 g/mol. The quantitative estimate of drug-likeness (QED) is 0.744. The molecule has 0 spiro atoms. The molecule has 0 aromatic carbocycles. The van der Waals surface area contributed by atoms with E-state index in [9.17, 15) is 9.18 Å². The minimum Gasteiger partial charge on any atom is -0.340 e. The molecule has 0 atom stereocenters. The number of carbonyl (C=O) groups excluding carboxylic acids is 1. The molecule has 0 saturated carbocycles. The van der Waals surface area contributed by atoms with E-state index in [0.29, 0.717) is 23.6 Å². The van der Waals surface area contributed by atoms with Gasteiger partial charge in [0.2, 0.25) is 0 Å². The first-order chi connectivity index (χ1) is 11.1. The van der Waals surface area contributed by atoms with Crippen molar-refractivity contribution < 1.29 is 9.18 Å². The number of pyridine rings is 2. The predicted molar refractivity (Wildman–Crippen MR) is 84.8 cm³/mol. The van der Waals surface area contributed by atoms with Crippen molar-refractivity contribution in [2.45, 2.75) is 13.3 Å². The normalized spacial score (nSPS) is 10.9. The SMILES string of the molecule is Cc1nc2ccc(F)cn2c1C(=O)N(C)CCc1ccncc1. The van der Waals surface area contributed by atoms with Crippen molar-refractivity contribution in [3.8, 4) is 0 Å². The second-order valence-electron chi connectivity index (χ2n) is 5.45. The largest absolute Gasteiger partial charge is 0.340 e. The fraction of sp³-hybridized carbons (Fsp3) is 0.235. The highest BCUT2D eigenvalue weighted by molar-refractivity contribution is 5.94. The molecule has 5 nitrogen and oxygen atoms in total. The molecule has 23 heavy (non-hydrogen) atoms. The number of nitrogens with zero attached hydrogens (tertiary/aromatic N) is 4. The molecule has 3 aromatic rings. The first-order valence-corrected chi connectivity index (χ1v) is 7.35. The van der Waals surface area contributed by atoms with Crippen molar-refractivity contribution in [1.82, 2.24) is 19.3 Å². The number of imidazole rings is 1. The number of hydrogen-bond donors (Lipinski definition) is 0. The van der Waals surface area contributed by atoms with Gasteiger partial charge < -0.3 is 4.90 Å². The lowest BCUT2D eigenvalue weighted by Gasteiger charge is -2.17. The number of rotatable bonds is 4. The molecular formula is C17H17FN4O. The second-order valence-corrected chi connectivity index (χ2v) is 5.45. The van der Waals surface area contributed by atoms with E-state index >= 15 is 0 Å². The van der Waals surface area contributed by atoms with Crippen LogP contribution in [0.5, 0.6) is 0 Å². The third-order valence-corrected chi connectivity index (χ3v) is 3.79. The summed E-state index contributed by atoms with van der Waals surface area (Å²) >= 11 is 0. The molecule has 0 bridgehead atoms. The van der Waals surface area contributed by atoms with Crippen LogP contribution in [0.15, 0.2) is 42.9 Å². The van der Waals surface area contributed by atoms with Gasteiger partial charge in [-0.15, -0.1) is 0 Å². The smallest absolute Gasteiger partial charge is 0.272 e. The van der Waals surface area contributed by atoms with Gasteiger partial charge in [-0.05, 0) is 43.2 Å². The Morgan fingerprint density at radius 1 is 1.26 bits per heavy atom. The van der Waals surface area contributed by atoms with Gasteiger partial charge in [0.25, 0.3) is 5.91 Å². The molecule has 3 rings (SSSR count). The maximum absolute atomic E-state index is 13.5. The Morgan fingerprint density at radius 2 is 2.00 bits per heavy atom. The fourth-order valence-corrected chi connectivity index (χ4v) is 2.52. The summed E-state index contributed by atoms with van der Waals surface area (Å²) in [4.78, 5) is 22.6. The van der Waals surface area contributed by atoms with Crippen molar-refractivity contribution in [2.24, 2.45) is 0 Å². The van der Waals surface area contributed by atoms with E-state index < -0.39 is 5.82 Å². The van der Waals surface area contributed by atoms with Gasteiger partial charge in [-0.25, -0.2) is 9.37 Å². The standard InChI is InChI=1S/C17H17FN4O/c1-12-16(22-11-14(18)3-4-15(22)20-12)17(23)21(2)10-7-13-5-8-19-9-6-13/h3-6,8-9,11H,7,10H2,1-2H3. The highest BCUT2D eigenvalue weighted by Crippen LogP contribution is 2.15. The van der Waals surface area contributed by atoms with E-state index in [1.807, 2.05) is 12.1 Å². The number of carbonyl (C=O) groups is 1. The molecule has 0 saturated heterocycles. The first kappa shape index (κ1) is 15.1. The number of halogens is 1. The van der Waals surface area contributed by atoms with Gasteiger partial charge >= 0.3 is 0 Å². The highest BCUT2D eigenvalue weighted by Gasteiger charge is 2.20. The molecule has 0 aliphatic heterocycles. The van der Waals surface area contributed by atoms with Gasteiger partial charge in [0.1, 0.15) is 17.2 Å². The fourth-order valence-electron chi connectivity index (χ4n) is 2.52. The molecule has 3 heterocycles. The van der Waals surface area contributed by atoms with Crippen LogP contribution in [0.25, 0.3) is 5.65 Å². The summed E-state index contributed by atoms with van der Waals surface area (Å²) in [6.45, 7) is 2.32. The van der Waals surface area contributed by atoms with Crippen molar-refractivity contribution in [1.29, 1.82) is 0 Å². The summed E-state index contributed by atoms with van der Waals surface area (Å²) in [7, 11) is 1.74. The molecule has 0 unspecified atom stereocenters. The van der Waals surface area contributed by atoms with Crippen LogP contribution in [0.1, 0.15) is 21.7 Å². The van der Waals surface area contributed by atoms with Gasteiger partial charge in [-0.1, -0.05) is 0 Å². The molecule has 3 aromatic heterocycles. The van der Waals surface area contributed by atoms with Crippen molar-refractivity contribution in [3.63, 3.8) is 0 Å². The summed E-state index contributed by atoms with van der Waals surface area (Å²) in [6.07, 6.45) is 5.48. The third-order valence-electron chi connectivity index (χ3n) is 3.79. The molecule has 0 aliphatic rings. The number of aromatic nitrogens is 3. The minimum absolute atomic E-state index is 0.172. The van der Waals surface area contributed by atoms with Crippen molar-refractivity contribution >= 4 is 11.6 Å². The van der Waals surface area contributed by atoms with Gasteiger partial charge in [-0.3, -0.25) is 14.2 Å². The molecular weight excluding hydrogens is 295 g/mol. The van der Waals surface area contributed by atoms with Crippen molar-refractivity contribution in [3.05, 3.63) is 65.6 Å². The molecule has 0 fully saturated rings. The van der Waals surface area contributed by atoms with Gasteiger partial charge in [-0.2, -0.15) is 0 Å². The number of likely N-dealkylation sites (N-methyl/N-ethyl adjacent to an activating group) is 1. The average Bonchev–Trinajstić information content (AvgIpc) is 2.88. The molecule has 0 aliphatic carbocycles. The van der Waals surface area contributed by atoms with Gasteiger partial charge in [0.05, 0.1) is 5.69 Å². The Hall–Kier alpha value is -2.76. The number of hydrogen-bond acceptors (Lipinski definition) is 3. The van der Waals surface area contributed by atoms with Crippen LogP contribution in [-0.2, 0) is 6.42 Å². The van der Waals surface area contributed by atoms with E-state index in [-0.39, 0.29) is 5.91 Å². The molecule has 6 heteroatoms. The van der Waals surface area contributed by atoms with Crippen LogP contribution in [0.2, 0.25) is 0 Å². The first-order valence-electron chi connectivity index (χ1n) is 7.35. The zero-order chi connectivity index (χ0) is 16.4. The van der Waals surface area contributed by atoms with Crippen LogP contribution in [0.3, 0.4) is 0 Å². The lowest BCUT2D eigenvalue weighted by molar-refractivity contribution is 0.0789. The molecule has 118 valence electrons. The molecule has 0 radical (unpaired) electrons. The van der Waals surface area contributed by atoms with Crippen LogP contribution < -0.4 is 0 Å². The molecule has 0 N–H and O–H groups in total. The summed E-state index contributed by atoms with van der Waals surface area (Å²) in [5.41, 5.74) is 2.67. The van der Waals surface area contributed by atoms with Crippen LogP contribution >= 0.6 is 0 Å².